The van der Waals surface area contributed by atoms with Gasteiger partial charge in [-0.2, -0.15) is 0 Å². The van der Waals surface area contributed by atoms with Crippen LogP contribution in [0.25, 0.3) is 0 Å². The van der Waals surface area contributed by atoms with Crippen LogP contribution in [0, 0.1) is 5.92 Å². The minimum Gasteiger partial charge on any atom is -0.461 e. The molecule has 0 bridgehead atoms. The van der Waals surface area contributed by atoms with E-state index in [-0.39, 0.29) is 0 Å². The van der Waals surface area contributed by atoms with E-state index in [1.165, 1.54) is 24.8 Å². The van der Waals surface area contributed by atoms with Crippen LogP contribution >= 0.6 is 0 Å². The average molecular weight is 294 g/mol. The van der Waals surface area contributed by atoms with Crippen LogP contribution in [-0.4, -0.2) is 0 Å². The number of benzene rings is 1. The van der Waals surface area contributed by atoms with Gasteiger partial charge in [0.25, 0.3) is 0 Å². The fourth-order valence-electron chi connectivity index (χ4n) is 2.24. The van der Waals surface area contributed by atoms with Crippen molar-refractivity contribution < 1.29 is 4.74 Å². The maximum Gasteiger partial charge on any atom is 0.126 e. The van der Waals surface area contributed by atoms with Crippen molar-refractivity contribution in [3.05, 3.63) is 78.1 Å². The van der Waals surface area contributed by atoms with Gasteiger partial charge in [-0.15, -0.1) is 0 Å². The Morgan fingerprint density at radius 1 is 1.23 bits per heavy atom. The molecule has 1 fully saturated rings. The minimum atomic E-state index is 0.388. The Hall–Kier alpha value is -2.02. The summed E-state index contributed by atoms with van der Waals surface area (Å²) < 4.78 is 6.07. The Morgan fingerprint density at radius 3 is 2.50 bits per heavy atom. The fraction of sp³-hybridized carbons (Fsp3) is 0.333. The van der Waals surface area contributed by atoms with E-state index >= 15 is 0 Å². The average Bonchev–Trinajstić information content (AvgIpc) is 2.52. The Balaban J connectivity index is 2.18. The highest BCUT2D eigenvalue weighted by molar-refractivity contribution is 5.37. The van der Waals surface area contributed by atoms with Crippen molar-refractivity contribution in [2.45, 2.75) is 39.5 Å². The van der Waals surface area contributed by atoms with Crippen LogP contribution in [0.5, 0.6) is 5.75 Å². The van der Waals surface area contributed by atoms with Crippen molar-refractivity contribution in [1.82, 2.24) is 0 Å². The standard InChI is InChI=1S/C21H26O/c1-4-17(3)21(22-20-12-7-6-8-13-20)15-14-18(5-2)16-19-10-9-11-19/h5-8,12-17H,2,4,9-11H2,1,3H3/b18-14+,21-15+. The van der Waals surface area contributed by atoms with E-state index in [1.54, 1.807) is 0 Å². The van der Waals surface area contributed by atoms with E-state index in [1.807, 2.05) is 36.4 Å². The SMILES string of the molecule is C=C/C(C=C1CCC1)=C\C=C(\Oc1ccccc1)C(C)CC. The fourth-order valence-corrected chi connectivity index (χ4v) is 2.24. The number of ether oxygens (including phenoxy) is 1. The molecule has 0 saturated heterocycles. The highest BCUT2D eigenvalue weighted by Gasteiger charge is 2.10. The molecule has 1 aliphatic rings. The van der Waals surface area contributed by atoms with Gasteiger partial charge in [0, 0.05) is 5.92 Å². The first-order valence-corrected chi connectivity index (χ1v) is 8.19. The Kier molecular flexibility index (Phi) is 6.27. The molecule has 116 valence electrons. The Bertz CT molecular complexity index is 569. The van der Waals surface area contributed by atoms with Gasteiger partial charge >= 0.3 is 0 Å². The molecule has 22 heavy (non-hydrogen) atoms. The lowest BCUT2D eigenvalue weighted by Gasteiger charge is -2.16. The lowest BCUT2D eigenvalue weighted by Crippen LogP contribution is -2.05. The van der Waals surface area contributed by atoms with Gasteiger partial charge in [0.2, 0.25) is 0 Å². The highest BCUT2D eigenvalue weighted by Crippen LogP contribution is 2.27. The maximum atomic E-state index is 6.07. The molecular formula is C21H26O. The third kappa shape index (κ3) is 4.77. The summed E-state index contributed by atoms with van der Waals surface area (Å²) in [6.45, 7) is 8.29. The summed E-state index contributed by atoms with van der Waals surface area (Å²) in [6, 6.07) is 9.97. The number of rotatable bonds is 7. The van der Waals surface area contributed by atoms with Crippen molar-refractivity contribution in [3.63, 3.8) is 0 Å². The maximum absolute atomic E-state index is 6.07. The predicted molar refractivity (Wildman–Crippen MR) is 94.8 cm³/mol. The molecular weight excluding hydrogens is 268 g/mol. The third-order valence-corrected chi connectivity index (χ3v) is 4.12. The van der Waals surface area contributed by atoms with E-state index < -0.39 is 0 Å². The first-order valence-electron chi connectivity index (χ1n) is 8.19. The first kappa shape index (κ1) is 16.4. The van der Waals surface area contributed by atoms with Gasteiger partial charge in [-0.05, 0) is 49.5 Å². The Morgan fingerprint density at radius 2 is 1.95 bits per heavy atom. The zero-order chi connectivity index (χ0) is 15.8. The summed E-state index contributed by atoms with van der Waals surface area (Å²) in [5.74, 6) is 2.28. The van der Waals surface area contributed by atoms with Crippen molar-refractivity contribution in [3.8, 4) is 5.75 Å². The first-order chi connectivity index (χ1) is 10.7. The van der Waals surface area contributed by atoms with Crippen molar-refractivity contribution in [2.75, 3.05) is 0 Å². The van der Waals surface area contributed by atoms with Gasteiger partial charge in [-0.3, -0.25) is 0 Å². The molecule has 1 saturated carbocycles. The quantitative estimate of drug-likeness (QED) is 0.428. The van der Waals surface area contributed by atoms with Gasteiger partial charge in [0.1, 0.15) is 11.5 Å². The molecule has 1 nitrogen and oxygen atoms in total. The topological polar surface area (TPSA) is 9.23 Å². The number of para-hydroxylation sites is 1. The molecule has 1 unspecified atom stereocenters. The van der Waals surface area contributed by atoms with Gasteiger partial charge in [-0.1, -0.05) is 62.4 Å². The minimum absolute atomic E-state index is 0.388. The van der Waals surface area contributed by atoms with Crippen LogP contribution in [-0.2, 0) is 0 Å². The Labute approximate surface area is 134 Å². The molecule has 0 radical (unpaired) electrons. The summed E-state index contributed by atoms with van der Waals surface area (Å²) in [7, 11) is 0. The summed E-state index contributed by atoms with van der Waals surface area (Å²) in [5.41, 5.74) is 2.68. The molecule has 0 aliphatic heterocycles. The molecule has 1 aromatic rings. The summed E-state index contributed by atoms with van der Waals surface area (Å²) in [4.78, 5) is 0. The molecule has 1 heteroatoms. The normalized spacial score (nSPS) is 16.7. The van der Waals surface area contributed by atoms with Crippen LogP contribution in [0.15, 0.2) is 78.1 Å². The second kappa shape index (κ2) is 8.43. The molecule has 0 heterocycles. The summed E-state index contributed by atoms with van der Waals surface area (Å²) in [5, 5.41) is 0. The van der Waals surface area contributed by atoms with Crippen LogP contribution < -0.4 is 4.74 Å². The molecule has 0 amide bonds. The second-order valence-corrected chi connectivity index (χ2v) is 5.82. The predicted octanol–water partition coefficient (Wildman–Crippen LogP) is 6.22. The molecule has 1 aliphatic carbocycles. The van der Waals surface area contributed by atoms with Crippen LogP contribution in [0.1, 0.15) is 39.5 Å². The lowest BCUT2D eigenvalue weighted by atomic mass is 9.90. The zero-order valence-electron chi connectivity index (χ0n) is 13.7. The van der Waals surface area contributed by atoms with Crippen molar-refractivity contribution in [2.24, 2.45) is 5.92 Å². The zero-order valence-corrected chi connectivity index (χ0v) is 13.7. The lowest BCUT2D eigenvalue weighted by molar-refractivity contribution is 0.353. The van der Waals surface area contributed by atoms with Crippen molar-refractivity contribution in [1.29, 1.82) is 0 Å². The molecule has 1 aromatic carbocycles. The van der Waals surface area contributed by atoms with E-state index in [4.69, 9.17) is 4.74 Å². The van der Waals surface area contributed by atoms with E-state index in [2.05, 4.69) is 38.7 Å². The van der Waals surface area contributed by atoms with E-state index in [0.717, 1.165) is 23.5 Å². The van der Waals surface area contributed by atoms with Gasteiger partial charge in [0.15, 0.2) is 0 Å². The van der Waals surface area contributed by atoms with Gasteiger partial charge in [0.05, 0.1) is 0 Å². The largest absolute Gasteiger partial charge is 0.461 e. The molecule has 0 N–H and O–H groups in total. The molecule has 0 spiro atoms. The summed E-state index contributed by atoms with van der Waals surface area (Å²) >= 11 is 0. The number of allylic oxidation sites excluding steroid dienone is 7. The van der Waals surface area contributed by atoms with Crippen LogP contribution in [0.2, 0.25) is 0 Å². The van der Waals surface area contributed by atoms with E-state index in [9.17, 15) is 0 Å². The van der Waals surface area contributed by atoms with Crippen LogP contribution in [0.4, 0.5) is 0 Å². The van der Waals surface area contributed by atoms with Crippen LogP contribution in [0.3, 0.4) is 0 Å². The molecule has 0 aromatic heterocycles. The monoisotopic (exact) mass is 294 g/mol. The molecule has 2 rings (SSSR count). The van der Waals surface area contributed by atoms with Gasteiger partial charge in [-0.25, -0.2) is 0 Å². The second-order valence-electron chi connectivity index (χ2n) is 5.82. The van der Waals surface area contributed by atoms with Crippen molar-refractivity contribution >= 4 is 0 Å². The summed E-state index contributed by atoms with van der Waals surface area (Å²) in [6.07, 6.45) is 13.2. The smallest absolute Gasteiger partial charge is 0.126 e. The van der Waals surface area contributed by atoms with E-state index in [0.29, 0.717) is 5.92 Å². The van der Waals surface area contributed by atoms with Gasteiger partial charge < -0.3 is 4.74 Å². The number of hydrogen-bond acceptors (Lipinski definition) is 1. The molecule has 1 atom stereocenters. The third-order valence-electron chi connectivity index (χ3n) is 4.12. The highest BCUT2D eigenvalue weighted by atomic mass is 16.5. The number of hydrogen-bond donors (Lipinski definition) is 0.